The molecule has 1 heterocycles. The van der Waals surface area contributed by atoms with Gasteiger partial charge in [0.05, 0.1) is 15.8 Å². The highest BCUT2D eigenvalue weighted by Crippen LogP contribution is 2.52. The van der Waals surface area contributed by atoms with Gasteiger partial charge in [0.25, 0.3) is 5.92 Å². The van der Waals surface area contributed by atoms with Gasteiger partial charge in [-0.15, -0.1) is 0 Å². The molecule has 0 aromatic heterocycles. The summed E-state index contributed by atoms with van der Waals surface area (Å²) in [6.45, 7) is 2.30. The number of fused-ring (bicyclic) bond motifs is 1. The summed E-state index contributed by atoms with van der Waals surface area (Å²) in [5.41, 5.74) is 0.958. The molecule has 4 atom stereocenters. The highest BCUT2D eigenvalue weighted by molar-refractivity contribution is 9.09. The van der Waals surface area contributed by atoms with Gasteiger partial charge in [0.1, 0.15) is 6.61 Å². The molecule has 2 unspecified atom stereocenters. The predicted molar refractivity (Wildman–Crippen MR) is 94.5 cm³/mol. The molecule has 0 fully saturated rings. The maximum atomic E-state index is 14.7. The minimum absolute atomic E-state index is 0.265. The number of thioether (sulfide) groups is 1. The van der Waals surface area contributed by atoms with E-state index in [0.717, 1.165) is 17.3 Å². The van der Waals surface area contributed by atoms with Crippen LogP contribution < -0.4 is 4.72 Å². The van der Waals surface area contributed by atoms with E-state index in [1.807, 2.05) is 19.1 Å². The topological polar surface area (TPSA) is 49.3 Å². The van der Waals surface area contributed by atoms with Crippen LogP contribution in [0.2, 0.25) is 0 Å². The fraction of sp³-hybridized carbons (Fsp3) is 0.600. The van der Waals surface area contributed by atoms with E-state index in [4.69, 9.17) is 0 Å². The lowest BCUT2D eigenvalue weighted by atomic mass is 9.99. The van der Waals surface area contributed by atoms with Crippen LogP contribution in [-0.2, 0) is 17.4 Å². The maximum Gasteiger partial charge on any atom is 0.299 e. The molecule has 1 aliphatic rings. The first-order valence-corrected chi connectivity index (χ1v) is 10.3. The van der Waals surface area contributed by atoms with E-state index in [9.17, 15) is 18.1 Å². The van der Waals surface area contributed by atoms with Gasteiger partial charge in [-0.1, -0.05) is 52.8 Å². The van der Waals surface area contributed by atoms with Crippen molar-refractivity contribution in [3.8, 4) is 0 Å². The summed E-state index contributed by atoms with van der Waals surface area (Å²) in [7, 11) is -1.64. The van der Waals surface area contributed by atoms with Crippen LogP contribution in [0.3, 0.4) is 0 Å². The Labute approximate surface area is 150 Å². The zero-order valence-corrected chi connectivity index (χ0v) is 16.1. The van der Waals surface area contributed by atoms with Crippen molar-refractivity contribution >= 4 is 38.7 Å². The lowest BCUT2D eigenvalue weighted by molar-refractivity contribution is -0.0855. The summed E-state index contributed by atoms with van der Waals surface area (Å²) in [6.07, 6.45) is 0.970. The molecule has 0 saturated heterocycles. The first-order chi connectivity index (χ1) is 10.8. The second kappa shape index (κ2) is 7.47. The van der Waals surface area contributed by atoms with E-state index < -0.39 is 33.2 Å². The quantitative estimate of drug-likeness (QED) is 0.683. The molecular weight excluding hydrogens is 408 g/mol. The van der Waals surface area contributed by atoms with Gasteiger partial charge in [0.2, 0.25) is 0 Å². The molecule has 0 amide bonds. The van der Waals surface area contributed by atoms with Crippen molar-refractivity contribution in [2.45, 2.75) is 52.5 Å². The largest absolute Gasteiger partial charge is 0.390 e. The molecule has 0 spiro atoms. The van der Waals surface area contributed by atoms with Crippen LogP contribution >= 0.6 is 27.7 Å². The van der Waals surface area contributed by atoms with E-state index in [1.54, 1.807) is 19.1 Å². The summed E-state index contributed by atoms with van der Waals surface area (Å²) < 4.78 is 44.4. The Hall–Kier alpha value is -0.0200. The average molecular weight is 428 g/mol. The SMILES string of the molecule is CC[C@@H](C)S(=O)N[C@]1(C(F)(F)CO)Sc2ccccc2CC1Br. The smallest absolute Gasteiger partial charge is 0.299 e. The minimum atomic E-state index is -3.44. The van der Waals surface area contributed by atoms with E-state index in [0.29, 0.717) is 17.7 Å². The highest BCUT2D eigenvalue weighted by atomic mass is 79.9. The lowest BCUT2D eigenvalue weighted by Crippen LogP contribution is -2.65. The van der Waals surface area contributed by atoms with Gasteiger partial charge in [0.15, 0.2) is 4.87 Å². The van der Waals surface area contributed by atoms with Crippen LogP contribution in [0.25, 0.3) is 0 Å². The normalized spacial score (nSPS) is 27.3. The first-order valence-electron chi connectivity index (χ1n) is 7.35. The average Bonchev–Trinajstić information content (AvgIpc) is 2.54. The minimum Gasteiger partial charge on any atom is -0.390 e. The third-order valence-electron chi connectivity index (χ3n) is 4.02. The molecule has 0 saturated carbocycles. The maximum absolute atomic E-state index is 14.7. The number of aliphatic hydroxyl groups excluding tert-OH is 1. The zero-order chi connectivity index (χ0) is 17.3. The third kappa shape index (κ3) is 3.66. The fourth-order valence-corrected chi connectivity index (χ4v) is 6.27. The Kier molecular flexibility index (Phi) is 6.27. The van der Waals surface area contributed by atoms with Crippen LogP contribution in [0, 0.1) is 0 Å². The van der Waals surface area contributed by atoms with Gasteiger partial charge < -0.3 is 5.11 Å². The van der Waals surface area contributed by atoms with Crippen LogP contribution in [0.4, 0.5) is 8.78 Å². The molecule has 1 aromatic carbocycles. The molecule has 0 radical (unpaired) electrons. The van der Waals surface area contributed by atoms with Crippen LogP contribution in [0.1, 0.15) is 25.8 Å². The molecule has 0 aliphatic carbocycles. The molecule has 23 heavy (non-hydrogen) atoms. The number of alkyl halides is 3. The van der Waals surface area contributed by atoms with Crippen molar-refractivity contribution in [2.75, 3.05) is 6.61 Å². The highest BCUT2D eigenvalue weighted by Gasteiger charge is 2.61. The summed E-state index contributed by atoms with van der Waals surface area (Å²) in [5, 5.41) is 9.00. The van der Waals surface area contributed by atoms with Gasteiger partial charge in [-0.05, 0) is 31.4 Å². The van der Waals surface area contributed by atoms with Crippen molar-refractivity contribution in [3.63, 3.8) is 0 Å². The van der Waals surface area contributed by atoms with Crippen molar-refractivity contribution in [1.82, 2.24) is 4.72 Å². The molecule has 3 nitrogen and oxygen atoms in total. The van der Waals surface area contributed by atoms with Gasteiger partial charge in [0, 0.05) is 10.1 Å². The van der Waals surface area contributed by atoms with Crippen LogP contribution in [0.15, 0.2) is 29.2 Å². The Morgan fingerprint density at radius 1 is 1.57 bits per heavy atom. The fourth-order valence-electron chi connectivity index (χ4n) is 2.33. The summed E-state index contributed by atoms with van der Waals surface area (Å²) in [4.78, 5) is -1.83. The molecular formula is C15H20BrF2NO2S2. The number of hydrogen-bond acceptors (Lipinski definition) is 3. The second-order valence-electron chi connectivity index (χ2n) is 5.60. The lowest BCUT2D eigenvalue weighted by Gasteiger charge is -2.46. The Balaban J connectivity index is 2.45. The van der Waals surface area contributed by atoms with Gasteiger partial charge in [-0.2, -0.15) is 0 Å². The molecule has 2 rings (SSSR count). The van der Waals surface area contributed by atoms with Crippen molar-refractivity contribution in [1.29, 1.82) is 0 Å². The number of hydrogen-bond donors (Lipinski definition) is 2. The number of nitrogens with one attached hydrogen (secondary N) is 1. The van der Waals surface area contributed by atoms with Crippen molar-refractivity contribution in [2.24, 2.45) is 0 Å². The Morgan fingerprint density at radius 3 is 2.83 bits per heavy atom. The molecule has 0 bridgehead atoms. The summed E-state index contributed by atoms with van der Waals surface area (Å²) in [5.74, 6) is -3.44. The number of aliphatic hydroxyl groups is 1. The molecule has 1 aromatic rings. The van der Waals surface area contributed by atoms with E-state index in [-0.39, 0.29) is 5.25 Å². The van der Waals surface area contributed by atoms with E-state index in [1.165, 1.54) is 0 Å². The number of rotatable bonds is 6. The van der Waals surface area contributed by atoms with Crippen molar-refractivity contribution < 1.29 is 18.1 Å². The number of benzene rings is 1. The summed E-state index contributed by atoms with van der Waals surface area (Å²) in [6, 6.07) is 7.31. The second-order valence-corrected chi connectivity index (χ2v) is 9.59. The Bertz CT molecular complexity index is 590. The number of halogens is 3. The first kappa shape index (κ1) is 19.3. The van der Waals surface area contributed by atoms with Crippen molar-refractivity contribution in [3.05, 3.63) is 29.8 Å². The predicted octanol–water partition coefficient (Wildman–Crippen LogP) is 3.47. The standard InChI is InChI=1S/C15H20BrF2NO2S2/c1-3-10(2)23(21)19-15(14(17,18)9-20)13(16)8-11-6-4-5-7-12(11)22-15/h4-7,10,13,19-20H,3,8-9H2,1-2H3/t10-,13?,15+,23?/m1/s1. The van der Waals surface area contributed by atoms with E-state index >= 15 is 0 Å². The monoisotopic (exact) mass is 427 g/mol. The molecule has 2 N–H and O–H groups in total. The van der Waals surface area contributed by atoms with Gasteiger partial charge in [-0.25, -0.2) is 17.7 Å². The summed E-state index contributed by atoms with van der Waals surface area (Å²) >= 11 is 4.29. The van der Waals surface area contributed by atoms with Crippen LogP contribution in [0.5, 0.6) is 0 Å². The van der Waals surface area contributed by atoms with Crippen LogP contribution in [-0.4, -0.2) is 36.8 Å². The Morgan fingerprint density at radius 2 is 2.22 bits per heavy atom. The van der Waals surface area contributed by atoms with Gasteiger partial charge >= 0.3 is 0 Å². The zero-order valence-electron chi connectivity index (χ0n) is 12.9. The van der Waals surface area contributed by atoms with Gasteiger partial charge in [-0.3, -0.25) is 0 Å². The molecule has 130 valence electrons. The molecule has 8 heteroatoms. The molecule has 1 aliphatic heterocycles. The third-order valence-corrected chi connectivity index (χ3v) is 8.67. The van der Waals surface area contributed by atoms with E-state index in [2.05, 4.69) is 20.7 Å².